The third kappa shape index (κ3) is 2.34. The van der Waals surface area contributed by atoms with Crippen molar-refractivity contribution in [2.24, 2.45) is 5.92 Å². The first-order chi connectivity index (χ1) is 8.72. The van der Waals surface area contributed by atoms with Crippen molar-refractivity contribution in [3.63, 3.8) is 0 Å². The molecule has 2 aromatic rings. The zero-order valence-corrected chi connectivity index (χ0v) is 11.1. The maximum atomic E-state index is 11.9. The Morgan fingerprint density at radius 2 is 2.44 bits per heavy atom. The van der Waals surface area contributed by atoms with Gasteiger partial charge in [0.05, 0.1) is 22.7 Å². The standard InChI is InChI=1S/C12H11ClN2O2S/c13-8-1-2-9-10(5-8)18-12(14-9)15-11(16)7-3-4-17-6-7/h1-2,5,7H,3-4,6H2,(H,14,15,16). The molecule has 1 atom stereocenters. The summed E-state index contributed by atoms with van der Waals surface area (Å²) < 4.78 is 6.17. The monoisotopic (exact) mass is 282 g/mol. The van der Waals surface area contributed by atoms with E-state index in [1.54, 1.807) is 6.07 Å². The third-order valence-electron chi connectivity index (χ3n) is 2.88. The number of anilines is 1. The molecule has 2 heterocycles. The predicted octanol–water partition coefficient (Wildman–Crippen LogP) is 2.92. The fourth-order valence-corrected chi connectivity index (χ4v) is 3.05. The molecular weight excluding hydrogens is 272 g/mol. The number of nitrogens with one attached hydrogen (secondary N) is 1. The number of thiazole rings is 1. The Balaban J connectivity index is 1.79. The number of nitrogens with zero attached hydrogens (tertiary/aromatic N) is 1. The summed E-state index contributed by atoms with van der Waals surface area (Å²) in [5, 5.41) is 4.13. The first-order valence-corrected chi connectivity index (χ1v) is 6.86. The minimum Gasteiger partial charge on any atom is -0.381 e. The van der Waals surface area contributed by atoms with E-state index in [9.17, 15) is 4.79 Å². The number of hydrogen-bond acceptors (Lipinski definition) is 4. The molecule has 0 bridgehead atoms. The fraction of sp³-hybridized carbons (Fsp3) is 0.333. The summed E-state index contributed by atoms with van der Waals surface area (Å²) in [6, 6.07) is 5.49. The van der Waals surface area contributed by atoms with Crippen molar-refractivity contribution in [1.29, 1.82) is 0 Å². The highest BCUT2D eigenvalue weighted by atomic mass is 35.5. The average Bonchev–Trinajstić information content (AvgIpc) is 2.95. The second kappa shape index (κ2) is 4.84. The van der Waals surface area contributed by atoms with Crippen LogP contribution in [0.4, 0.5) is 5.13 Å². The molecule has 0 saturated carbocycles. The lowest BCUT2D eigenvalue weighted by atomic mass is 10.1. The average molecular weight is 283 g/mol. The highest BCUT2D eigenvalue weighted by Crippen LogP contribution is 2.28. The number of ether oxygens (including phenoxy) is 1. The number of fused-ring (bicyclic) bond motifs is 1. The Morgan fingerprint density at radius 3 is 3.22 bits per heavy atom. The van der Waals surface area contributed by atoms with Gasteiger partial charge in [-0.3, -0.25) is 4.79 Å². The van der Waals surface area contributed by atoms with Gasteiger partial charge in [0, 0.05) is 11.6 Å². The van der Waals surface area contributed by atoms with E-state index in [1.165, 1.54) is 11.3 Å². The number of aromatic nitrogens is 1. The molecule has 1 aliphatic heterocycles. The van der Waals surface area contributed by atoms with Crippen LogP contribution in [0, 0.1) is 5.92 Å². The van der Waals surface area contributed by atoms with E-state index in [0.29, 0.717) is 23.4 Å². The number of benzene rings is 1. The summed E-state index contributed by atoms with van der Waals surface area (Å²) in [6.07, 6.45) is 0.780. The highest BCUT2D eigenvalue weighted by molar-refractivity contribution is 7.22. The molecule has 1 aromatic carbocycles. The molecule has 94 valence electrons. The molecule has 1 saturated heterocycles. The van der Waals surface area contributed by atoms with Crippen LogP contribution in [0.15, 0.2) is 18.2 Å². The molecule has 1 aromatic heterocycles. The Morgan fingerprint density at radius 1 is 1.56 bits per heavy atom. The summed E-state index contributed by atoms with van der Waals surface area (Å²) in [5.74, 6) is -0.0711. The Labute approximate surface area is 113 Å². The van der Waals surface area contributed by atoms with Crippen molar-refractivity contribution in [2.75, 3.05) is 18.5 Å². The van der Waals surface area contributed by atoms with E-state index in [2.05, 4.69) is 10.3 Å². The lowest BCUT2D eigenvalue weighted by Crippen LogP contribution is -2.22. The normalized spacial score (nSPS) is 19.3. The first-order valence-electron chi connectivity index (χ1n) is 5.67. The van der Waals surface area contributed by atoms with Crippen LogP contribution in [0.3, 0.4) is 0 Å². The number of halogens is 1. The molecule has 4 nitrogen and oxygen atoms in total. The topological polar surface area (TPSA) is 51.2 Å². The SMILES string of the molecule is O=C(Nc1nc2ccc(Cl)cc2s1)C1CCOC1. The van der Waals surface area contributed by atoms with Gasteiger partial charge in [0.2, 0.25) is 5.91 Å². The number of rotatable bonds is 2. The smallest absolute Gasteiger partial charge is 0.231 e. The summed E-state index contributed by atoms with van der Waals surface area (Å²) in [4.78, 5) is 16.3. The molecule has 1 N–H and O–H groups in total. The molecular formula is C12H11ClN2O2S. The van der Waals surface area contributed by atoms with Gasteiger partial charge >= 0.3 is 0 Å². The van der Waals surface area contributed by atoms with Gasteiger partial charge in [0.15, 0.2) is 5.13 Å². The van der Waals surface area contributed by atoms with Gasteiger partial charge in [-0.25, -0.2) is 4.98 Å². The minimum atomic E-state index is -0.0550. The van der Waals surface area contributed by atoms with Crippen molar-refractivity contribution in [1.82, 2.24) is 4.98 Å². The van der Waals surface area contributed by atoms with Gasteiger partial charge in [-0.1, -0.05) is 22.9 Å². The van der Waals surface area contributed by atoms with Gasteiger partial charge in [-0.05, 0) is 24.6 Å². The van der Waals surface area contributed by atoms with Crippen LogP contribution in [0.25, 0.3) is 10.2 Å². The maximum absolute atomic E-state index is 11.9. The molecule has 18 heavy (non-hydrogen) atoms. The van der Waals surface area contributed by atoms with Crippen molar-refractivity contribution >= 4 is 44.2 Å². The van der Waals surface area contributed by atoms with E-state index in [0.717, 1.165) is 16.6 Å². The quantitative estimate of drug-likeness (QED) is 0.921. The second-order valence-electron chi connectivity index (χ2n) is 4.18. The zero-order chi connectivity index (χ0) is 12.5. The van der Waals surface area contributed by atoms with Crippen LogP contribution < -0.4 is 5.32 Å². The van der Waals surface area contributed by atoms with Crippen molar-refractivity contribution in [3.8, 4) is 0 Å². The largest absolute Gasteiger partial charge is 0.381 e. The predicted molar refractivity (Wildman–Crippen MR) is 72.2 cm³/mol. The first kappa shape index (κ1) is 11.9. The molecule has 6 heteroatoms. The maximum Gasteiger partial charge on any atom is 0.231 e. The number of carbonyl (C=O) groups excluding carboxylic acids is 1. The second-order valence-corrected chi connectivity index (χ2v) is 5.65. The van der Waals surface area contributed by atoms with Crippen LogP contribution in [0.5, 0.6) is 0 Å². The molecule has 1 amide bonds. The summed E-state index contributed by atoms with van der Waals surface area (Å²) >= 11 is 7.34. The molecule has 0 spiro atoms. The molecule has 0 aliphatic carbocycles. The summed E-state index contributed by atoms with van der Waals surface area (Å²) in [5.41, 5.74) is 0.849. The Kier molecular flexibility index (Phi) is 3.20. The van der Waals surface area contributed by atoms with E-state index in [1.807, 2.05) is 12.1 Å². The van der Waals surface area contributed by atoms with Crippen molar-refractivity contribution in [2.45, 2.75) is 6.42 Å². The van der Waals surface area contributed by atoms with Crippen LogP contribution in [-0.4, -0.2) is 24.1 Å². The van der Waals surface area contributed by atoms with Crippen LogP contribution in [0.1, 0.15) is 6.42 Å². The Hall–Kier alpha value is -1.17. The van der Waals surface area contributed by atoms with E-state index in [-0.39, 0.29) is 11.8 Å². The lowest BCUT2D eigenvalue weighted by Gasteiger charge is -2.05. The lowest BCUT2D eigenvalue weighted by molar-refractivity contribution is -0.119. The Bertz CT molecular complexity index is 593. The molecule has 0 radical (unpaired) electrons. The van der Waals surface area contributed by atoms with Crippen molar-refractivity contribution < 1.29 is 9.53 Å². The number of hydrogen-bond donors (Lipinski definition) is 1. The van der Waals surface area contributed by atoms with Crippen LogP contribution >= 0.6 is 22.9 Å². The fourth-order valence-electron chi connectivity index (χ4n) is 1.90. The minimum absolute atomic E-state index is 0.0161. The molecule has 3 rings (SSSR count). The van der Waals surface area contributed by atoms with Crippen LogP contribution in [-0.2, 0) is 9.53 Å². The van der Waals surface area contributed by atoms with Gasteiger partial charge in [-0.15, -0.1) is 0 Å². The highest BCUT2D eigenvalue weighted by Gasteiger charge is 2.24. The molecule has 1 unspecified atom stereocenters. The number of carbonyl (C=O) groups is 1. The van der Waals surface area contributed by atoms with Gasteiger partial charge in [0.1, 0.15) is 0 Å². The molecule has 1 aliphatic rings. The van der Waals surface area contributed by atoms with E-state index >= 15 is 0 Å². The zero-order valence-electron chi connectivity index (χ0n) is 9.48. The third-order valence-corrected chi connectivity index (χ3v) is 4.05. The number of amides is 1. The van der Waals surface area contributed by atoms with E-state index < -0.39 is 0 Å². The summed E-state index contributed by atoms with van der Waals surface area (Å²) in [7, 11) is 0. The van der Waals surface area contributed by atoms with Gasteiger partial charge < -0.3 is 10.1 Å². The van der Waals surface area contributed by atoms with Gasteiger partial charge in [0.25, 0.3) is 0 Å². The van der Waals surface area contributed by atoms with Crippen molar-refractivity contribution in [3.05, 3.63) is 23.2 Å². The molecule has 1 fully saturated rings. The van der Waals surface area contributed by atoms with Gasteiger partial charge in [-0.2, -0.15) is 0 Å². The van der Waals surface area contributed by atoms with Crippen LogP contribution in [0.2, 0.25) is 5.02 Å². The van der Waals surface area contributed by atoms with E-state index in [4.69, 9.17) is 16.3 Å². The summed E-state index contributed by atoms with van der Waals surface area (Å²) in [6.45, 7) is 1.16.